The van der Waals surface area contributed by atoms with Crippen molar-refractivity contribution in [3.63, 3.8) is 0 Å². The van der Waals surface area contributed by atoms with E-state index in [4.69, 9.17) is 4.74 Å². The number of ether oxygens (including phenoxy) is 1. The molecule has 0 bridgehead atoms. The molecule has 0 radical (unpaired) electrons. The molecule has 2 aromatic rings. The zero-order chi connectivity index (χ0) is 22.9. The number of carbonyl (C=O) groups excluding carboxylic acids is 1. The quantitative estimate of drug-likeness (QED) is 0.186. The third-order valence-corrected chi connectivity index (χ3v) is 5.88. The lowest BCUT2D eigenvalue weighted by Gasteiger charge is -2.06. The van der Waals surface area contributed by atoms with E-state index < -0.39 is 0 Å². The van der Waals surface area contributed by atoms with Crippen molar-refractivity contribution in [2.24, 2.45) is 0 Å². The number of hydrogen-bond acceptors (Lipinski definition) is 4. The second-order valence-corrected chi connectivity index (χ2v) is 8.77. The van der Waals surface area contributed by atoms with Gasteiger partial charge in [0.15, 0.2) is 5.82 Å². The summed E-state index contributed by atoms with van der Waals surface area (Å²) in [5.74, 6) is 0.442. The average Bonchev–Trinajstić information content (AvgIpc) is 2.83. The predicted molar refractivity (Wildman–Crippen MR) is 133 cm³/mol. The third kappa shape index (κ3) is 10.4. The molecule has 4 heteroatoms. The van der Waals surface area contributed by atoms with E-state index in [9.17, 15) is 4.79 Å². The van der Waals surface area contributed by atoms with Crippen LogP contribution >= 0.6 is 0 Å². The van der Waals surface area contributed by atoms with E-state index >= 15 is 0 Å². The number of esters is 1. The summed E-state index contributed by atoms with van der Waals surface area (Å²) in [5, 5.41) is 0. The highest BCUT2D eigenvalue weighted by Crippen LogP contribution is 2.17. The SMILES string of the molecule is CCCCCCCCCOC(=O)c1ccc(-c2ncc(CCCCCCCC)cn2)cc1. The van der Waals surface area contributed by atoms with Gasteiger partial charge in [0.2, 0.25) is 0 Å². The zero-order valence-electron chi connectivity index (χ0n) is 20.3. The molecule has 0 N–H and O–H groups in total. The van der Waals surface area contributed by atoms with Crippen molar-refractivity contribution in [3.8, 4) is 11.4 Å². The highest BCUT2D eigenvalue weighted by atomic mass is 16.5. The van der Waals surface area contributed by atoms with Crippen LogP contribution in [-0.2, 0) is 11.2 Å². The van der Waals surface area contributed by atoms with E-state index in [1.54, 1.807) is 12.1 Å². The predicted octanol–water partition coefficient (Wildman–Crippen LogP) is 7.95. The molecule has 0 unspecified atom stereocenters. The molecule has 0 aliphatic heterocycles. The van der Waals surface area contributed by atoms with Crippen LogP contribution in [0.25, 0.3) is 11.4 Å². The average molecular weight is 439 g/mol. The molecule has 0 aliphatic rings. The van der Waals surface area contributed by atoms with Gasteiger partial charge in [-0.1, -0.05) is 96.6 Å². The topological polar surface area (TPSA) is 52.1 Å². The van der Waals surface area contributed by atoms with Crippen molar-refractivity contribution >= 4 is 5.97 Å². The van der Waals surface area contributed by atoms with Crippen molar-refractivity contribution in [2.75, 3.05) is 6.61 Å². The summed E-state index contributed by atoms with van der Waals surface area (Å²) in [6.45, 7) is 4.97. The summed E-state index contributed by atoms with van der Waals surface area (Å²) in [6, 6.07) is 7.39. The number of rotatable bonds is 17. The molecule has 1 aromatic carbocycles. The fourth-order valence-corrected chi connectivity index (χ4v) is 3.81. The summed E-state index contributed by atoms with van der Waals surface area (Å²) in [4.78, 5) is 21.3. The van der Waals surface area contributed by atoms with Crippen LogP contribution in [0.3, 0.4) is 0 Å². The highest BCUT2D eigenvalue weighted by Gasteiger charge is 2.08. The van der Waals surface area contributed by atoms with Crippen LogP contribution in [0.5, 0.6) is 0 Å². The van der Waals surface area contributed by atoms with Crippen molar-refractivity contribution in [1.29, 1.82) is 0 Å². The number of nitrogens with zero attached hydrogens (tertiary/aromatic N) is 2. The van der Waals surface area contributed by atoms with E-state index in [2.05, 4.69) is 23.8 Å². The maximum absolute atomic E-state index is 12.2. The van der Waals surface area contributed by atoms with E-state index in [1.165, 1.54) is 76.2 Å². The molecule has 0 saturated carbocycles. The maximum Gasteiger partial charge on any atom is 0.338 e. The van der Waals surface area contributed by atoms with Gasteiger partial charge in [-0.05, 0) is 37.0 Å². The van der Waals surface area contributed by atoms with Crippen molar-refractivity contribution in [3.05, 3.63) is 47.8 Å². The zero-order valence-corrected chi connectivity index (χ0v) is 20.3. The Morgan fingerprint density at radius 3 is 1.84 bits per heavy atom. The van der Waals surface area contributed by atoms with Gasteiger partial charge in [-0.15, -0.1) is 0 Å². The molecule has 0 fully saturated rings. The molecule has 0 amide bonds. The van der Waals surface area contributed by atoms with Crippen LogP contribution in [0.15, 0.2) is 36.7 Å². The Balaban J connectivity index is 1.69. The normalized spacial score (nSPS) is 10.9. The smallest absolute Gasteiger partial charge is 0.338 e. The molecule has 32 heavy (non-hydrogen) atoms. The Bertz CT molecular complexity index is 741. The Hall–Kier alpha value is -2.23. The molecule has 1 aromatic heterocycles. The van der Waals surface area contributed by atoms with Gasteiger partial charge in [0.05, 0.1) is 12.2 Å². The molecule has 1 heterocycles. The number of unbranched alkanes of at least 4 members (excludes halogenated alkanes) is 11. The number of carbonyl (C=O) groups is 1. The molecule has 0 saturated heterocycles. The lowest BCUT2D eigenvalue weighted by Crippen LogP contribution is -2.06. The molecule has 4 nitrogen and oxygen atoms in total. The molecule has 0 atom stereocenters. The highest BCUT2D eigenvalue weighted by molar-refractivity contribution is 5.89. The van der Waals surface area contributed by atoms with E-state index in [0.717, 1.165) is 24.8 Å². The monoisotopic (exact) mass is 438 g/mol. The minimum absolute atomic E-state index is 0.252. The van der Waals surface area contributed by atoms with Gasteiger partial charge in [-0.2, -0.15) is 0 Å². The summed E-state index contributed by atoms with van der Waals surface area (Å²) in [5.41, 5.74) is 2.69. The number of aromatic nitrogens is 2. The first-order valence-electron chi connectivity index (χ1n) is 12.8. The van der Waals surface area contributed by atoms with Crippen LogP contribution in [-0.4, -0.2) is 22.5 Å². The minimum atomic E-state index is -0.252. The Morgan fingerprint density at radius 2 is 1.25 bits per heavy atom. The van der Waals surface area contributed by atoms with Gasteiger partial charge < -0.3 is 4.74 Å². The van der Waals surface area contributed by atoms with Gasteiger partial charge in [-0.3, -0.25) is 0 Å². The number of hydrogen-bond donors (Lipinski definition) is 0. The van der Waals surface area contributed by atoms with Crippen LogP contribution in [0, 0.1) is 0 Å². The molecule has 0 aliphatic carbocycles. The lowest BCUT2D eigenvalue weighted by molar-refractivity contribution is 0.0497. The first-order chi connectivity index (χ1) is 15.7. The van der Waals surface area contributed by atoms with Gasteiger partial charge in [0, 0.05) is 18.0 Å². The maximum atomic E-state index is 12.2. The standard InChI is InChI=1S/C28H42N2O2/c1-3-5-7-9-11-13-15-21-32-28(31)26-19-17-25(18-20-26)27-29-22-24(23-30-27)16-14-12-10-8-6-4-2/h17-20,22-23H,3-16,21H2,1-2H3. The van der Waals surface area contributed by atoms with Gasteiger partial charge >= 0.3 is 5.97 Å². The molecule has 0 spiro atoms. The van der Waals surface area contributed by atoms with Crippen LogP contribution in [0.2, 0.25) is 0 Å². The van der Waals surface area contributed by atoms with E-state index in [0.29, 0.717) is 18.0 Å². The molecular formula is C28H42N2O2. The fraction of sp³-hybridized carbons (Fsp3) is 0.607. The largest absolute Gasteiger partial charge is 0.462 e. The second-order valence-electron chi connectivity index (χ2n) is 8.77. The first-order valence-corrected chi connectivity index (χ1v) is 12.8. The van der Waals surface area contributed by atoms with Crippen molar-refractivity contribution in [1.82, 2.24) is 9.97 Å². The van der Waals surface area contributed by atoms with Crippen LogP contribution < -0.4 is 0 Å². The van der Waals surface area contributed by atoms with Gasteiger partial charge in [0.25, 0.3) is 0 Å². The Kier molecular flexibility index (Phi) is 13.3. The molecular weight excluding hydrogens is 396 g/mol. The van der Waals surface area contributed by atoms with Gasteiger partial charge in [0.1, 0.15) is 0 Å². The molecule has 2 rings (SSSR count). The number of benzene rings is 1. The summed E-state index contributed by atoms with van der Waals surface area (Å²) < 4.78 is 5.42. The Morgan fingerprint density at radius 1 is 0.719 bits per heavy atom. The van der Waals surface area contributed by atoms with Crippen LogP contribution in [0.4, 0.5) is 0 Å². The molecule has 176 valence electrons. The van der Waals surface area contributed by atoms with Crippen molar-refractivity contribution in [2.45, 2.75) is 104 Å². The number of aryl methyl sites for hydroxylation is 1. The lowest BCUT2D eigenvalue weighted by atomic mass is 10.1. The van der Waals surface area contributed by atoms with Gasteiger partial charge in [-0.25, -0.2) is 14.8 Å². The fourth-order valence-electron chi connectivity index (χ4n) is 3.81. The third-order valence-electron chi connectivity index (χ3n) is 5.88. The summed E-state index contributed by atoms with van der Waals surface area (Å²) in [6.07, 6.45) is 21.1. The van der Waals surface area contributed by atoms with Crippen molar-refractivity contribution < 1.29 is 9.53 Å². The van der Waals surface area contributed by atoms with E-state index in [-0.39, 0.29) is 5.97 Å². The first kappa shape index (κ1) is 26.0. The second kappa shape index (κ2) is 16.4. The van der Waals surface area contributed by atoms with Crippen LogP contribution in [0.1, 0.15) is 113 Å². The Labute approximate surface area is 195 Å². The summed E-state index contributed by atoms with van der Waals surface area (Å²) >= 11 is 0. The minimum Gasteiger partial charge on any atom is -0.462 e. The summed E-state index contributed by atoms with van der Waals surface area (Å²) in [7, 11) is 0. The van der Waals surface area contributed by atoms with E-state index in [1.807, 2.05) is 24.5 Å².